The minimum absolute atomic E-state index is 0.0687. The van der Waals surface area contributed by atoms with Crippen molar-refractivity contribution in [3.63, 3.8) is 0 Å². The van der Waals surface area contributed by atoms with E-state index in [1.807, 2.05) is 0 Å². The Morgan fingerprint density at radius 2 is 2.00 bits per heavy atom. The maximum absolute atomic E-state index is 12.5. The van der Waals surface area contributed by atoms with Crippen LogP contribution in [0.1, 0.15) is 30.1 Å². The molecule has 0 radical (unpaired) electrons. The molecule has 0 bridgehead atoms. The molecule has 0 saturated heterocycles. The summed E-state index contributed by atoms with van der Waals surface area (Å²) in [6.45, 7) is 3.01. The van der Waals surface area contributed by atoms with Gasteiger partial charge in [-0.1, -0.05) is 0 Å². The highest BCUT2D eigenvalue weighted by atomic mass is 19.4. The van der Waals surface area contributed by atoms with Crippen LogP contribution in [0, 0.1) is 0 Å². The lowest BCUT2D eigenvalue weighted by molar-refractivity contribution is -0.141. The first-order valence-corrected chi connectivity index (χ1v) is 4.78. The average Bonchev–Trinajstić information content (AvgIpc) is 2.62. The zero-order chi connectivity index (χ0) is 13.1. The van der Waals surface area contributed by atoms with Crippen LogP contribution >= 0.6 is 0 Å². The zero-order valence-electron chi connectivity index (χ0n) is 9.13. The number of rotatable bonds is 4. The molecule has 0 saturated carbocycles. The highest BCUT2D eigenvalue weighted by Gasteiger charge is 2.42. The Morgan fingerprint density at radius 3 is 2.47 bits per heavy atom. The van der Waals surface area contributed by atoms with Crippen LogP contribution in [0.3, 0.4) is 0 Å². The van der Waals surface area contributed by atoms with E-state index < -0.39 is 29.7 Å². The Kier molecular flexibility index (Phi) is 3.97. The smallest absolute Gasteiger partial charge is 0.437 e. The number of hydrogen-bond donors (Lipinski definition) is 0. The van der Waals surface area contributed by atoms with Gasteiger partial charge < -0.3 is 13.9 Å². The second-order valence-electron chi connectivity index (χ2n) is 2.81. The predicted octanol–water partition coefficient (Wildman–Crippen LogP) is 2.27. The summed E-state index contributed by atoms with van der Waals surface area (Å²) in [7, 11) is 0. The van der Waals surface area contributed by atoms with Crippen LogP contribution in [0.2, 0.25) is 0 Å². The van der Waals surface area contributed by atoms with Gasteiger partial charge in [-0.25, -0.2) is 4.79 Å². The number of carbonyl (C=O) groups excluding carboxylic acids is 1. The normalized spacial score (nSPS) is 11.4. The lowest BCUT2D eigenvalue weighted by Gasteiger charge is -2.03. The number of esters is 1. The molecule has 0 aliphatic rings. The molecular weight excluding hydrogens is 243 g/mol. The molecule has 0 N–H and O–H groups in total. The number of alkyl halides is 3. The van der Waals surface area contributed by atoms with Gasteiger partial charge in [-0.05, 0) is 13.8 Å². The second kappa shape index (κ2) is 5.07. The third-order valence-electron chi connectivity index (χ3n) is 1.60. The highest BCUT2D eigenvalue weighted by Crippen LogP contribution is 2.34. The summed E-state index contributed by atoms with van der Waals surface area (Å²) in [4.78, 5) is 14.3. The van der Waals surface area contributed by atoms with Crippen LogP contribution in [0.5, 0.6) is 6.08 Å². The van der Waals surface area contributed by atoms with E-state index in [2.05, 4.69) is 18.9 Å². The molecule has 8 heteroatoms. The highest BCUT2D eigenvalue weighted by molar-refractivity contribution is 5.87. The lowest BCUT2D eigenvalue weighted by atomic mass is 10.3. The summed E-state index contributed by atoms with van der Waals surface area (Å²) in [5.74, 6) is -2.22. The maximum atomic E-state index is 12.5. The third-order valence-corrected chi connectivity index (χ3v) is 1.60. The number of ether oxygens (including phenoxy) is 2. The van der Waals surface area contributed by atoms with Crippen molar-refractivity contribution in [1.82, 2.24) is 4.98 Å². The summed E-state index contributed by atoms with van der Waals surface area (Å²) in [6, 6.07) is 0. The van der Waals surface area contributed by atoms with Gasteiger partial charge in [0.15, 0.2) is 0 Å². The summed E-state index contributed by atoms with van der Waals surface area (Å²) in [5.41, 5.74) is -1.44. The average molecular weight is 253 g/mol. The van der Waals surface area contributed by atoms with E-state index in [1.54, 1.807) is 6.92 Å². The Bertz CT molecular complexity index is 399. The maximum Gasteiger partial charge on any atom is 0.437 e. The van der Waals surface area contributed by atoms with Gasteiger partial charge in [-0.15, -0.1) is 0 Å². The zero-order valence-corrected chi connectivity index (χ0v) is 9.13. The van der Waals surface area contributed by atoms with E-state index in [0.717, 1.165) is 0 Å². The molecule has 5 nitrogen and oxygen atoms in total. The van der Waals surface area contributed by atoms with Gasteiger partial charge in [-0.2, -0.15) is 18.2 Å². The fraction of sp³-hybridized carbons (Fsp3) is 0.556. The van der Waals surface area contributed by atoms with Gasteiger partial charge in [0.2, 0.25) is 11.5 Å². The molecule has 0 aliphatic carbocycles. The topological polar surface area (TPSA) is 61.6 Å². The van der Waals surface area contributed by atoms with Gasteiger partial charge in [0.1, 0.15) is 0 Å². The van der Waals surface area contributed by atoms with Gasteiger partial charge in [-0.3, -0.25) is 0 Å². The molecule has 0 atom stereocenters. The number of carbonyl (C=O) groups is 1. The molecule has 0 fully saturated rings. The Balaban J connectivity index is 3.12. The fourth-order valence-corrected chi connectivity index (χ4v) is 1.01. The molecule has 17 heavy (non-hydrogen) atoms. The van der Waals surface area contributed by atoms with E-state index >= 15 is 0 Å². The van der Waals surface area contributed by atoms with Crippen molar-refractivity contribution in [2.75, 3.05) is 13.2 Å². The largest absolute Gasteiger partial charge is 0.460 e. The van der Waals surface area contributed by atoms with Crippen LogP contribution < -0.4 is 4.74 Å². The molecule has 0 amide bonds. The quantitative estimate of drug-likeness (QED) is 0.770. The molecule has 0 aliphatic heterocycles. The van der Waals surface area contributed by atoms with Crippen LogP contribution in [0.15, 0.2) is 4.42 Å². The van der Waals surface area contributed by atoms with Crippen molar-refractivity contribution in [3.8, 4) is 6.08 Å². The molecule has 0 unspecified atom stereocenters. The SMILES string of the molecule is CCOC(=O)c1oc(OCC)nc1C(F)(F)F. The third kappa shape index (κ3) is 3.11. The van der Waals surface area contributed by atoms with Gasteiger partial charge >= 0.3 is 18.2 Å². The first-order chi connectivity index (χ1) is 7.90. The number of hydrogen-bond acceptors (Lipinski definition) is 5. The first-order valence-electron chi connectivity index (χ1n) is 4.78. The summed E-state index contributed by atoms with van der Waals surface area (Å²) < 4.78 is 51.2. The Morgan fingerprint density at radius 1 is 1.35 bits per heavy atom. The number of nitrogens with zero attached hydrogens (tertiary/aromatic N) is 1. The van der Waals surface area contributed by atoms with Gasteiger partial charge in [0.05, 0.1) is 13.2 Å². The summed E-state index contributed by atoms with van der Waals surface area (Å²) in [5, 5.41) is 0. The molecule has 1 rings (SSSR count). The van der Waals surface area contributed by atoms with Crippen molar-refractivity contribution in [1.29, 1.82) is 0 Å². The fourth-order valence-electron chi connectivity index (χ4n) is 1.01. The van der Waals surface area contributed by atoms with Gasteiger partial charge in [0, 0.05) is 0 Å². The molecule has 0 spiro atoms. The van der Waals surface area contributed by atoms with E-state index in [-0.39, 0.29) is 13.2 Å². The summed E-state index contributed by atoms with van der Waals surface area (Å²) in [6.07, 6.45) is -5.41. The molecule has 96 valence electrons. The second-order valence-corrected chi connectivity index (χ2v) is 2.81. The Labute approximate surface area is 94.5 Å². The van der Waals surface area contributed by atoms with E-state index in [9.17, 15) is 18.0 Å². The monoisotopic (exact) mass is 253 g/mol. The van der Waals surface area contributed by atoms with E-state index in [1.165, 1.54) is 6.92 Å². The van der Waals surface area contributed by atoms with Crippen molar-refractivity contribution in [2.24, 2.45) is 0 Å². The van der Waals surface area contributed by atoms with Crippen LogP contribution in [0.4, 0.5) is 13.2 Å². The standard InChI is InChI=1S/C9H10F3NO4/c1-3-15-7(14)5-6(9(10,11)12)13-8(17-5)16-4-2/h3-4H2,1-2H3. The van der Waals surface area contributed by atoms with Crippen molar-refractivity contribution >= 4 is 5.97 Å². The minimum atomic E-state index is -4.80. The molecule has 1 aromatic heterocycles. The number of halogens is 3. The molecule has 1 aromatic rings. The van der Waals surface area contributed by atoms with Crippen LogP contribution in [-0.2, 0) is 10.9 Å². The lowest BCUT2D eigenvalue weighted by Crippen LogP contribution is -2.14. The van der Waals surface area contributed by atoms with Crippen LogP contribution in [-0.4, -0.2) is 24.2 Å². The molecule has 1 heterocycles. The minimum Gasteiger partial charge on any atom is -0.460 e. The summed E-state index contributed by atoms with van der Waals surface area (Å²) >= 11 is 0. The van der Waals surface area contributed by atoms with Crippen molar-refractivity contribution in [3.05, 3.63) is 11.5 Å². The number of oxazole rings is 1. The first kappa shape index (κ1) is 13.3. The van der Waals surface area contributed by atoms with Gasteiger partial charge in [0.25, 0.3) is 0 Å². The molecule has 0 aromatic carbocycles. The van der Waals surface area contributed by atoms with Crippen molar-refractivity contribution < 1.29 is 31.9 Å². The van der Waals surface area contributed by atoms with E-state index in [4.69, 9.17) is 0 Å². The molecular formula is C9H10F3NO4. The number of aromatic nitrogens is 1. The predicted molar refractivity (Wildman–Crippen MR) is 48.6 cm³/mol. The van der Waals surface area contributed by atoms with Crippen molar-refractivity contribution in [2.45, 2.75) is 20.0 Å². The Hall–Kier alpha value is -1.73. The van der Waals surface area contributed by atoms with E-state index in [0.29, 0.717) is 0 Å². The van der Waals surface area contributed by atoms with Crippen LogP contribution in [0.25, 0.3) is 0 Å².